The molecule has 41 heavy (non-hydrogen) atoms. The van der Waals surface area contributed by atoms with Gasteiger partial charge in [0.1, 0.15) is 11.2 Å². The van der Waals surface area contributed by atoms with Gasteiger partial charge in [0.2, 0.25) is 0 Å². The van der Waals surface area contributed by atoms with E-state index in [4.69, 9.17) is 4.42 Å². The van der Waals surface area contributed by atoms with Crippen molar-refractivity contribution >= 4 is 60.5 Å². The molecule has 0 aliphatic rings. The normalized spacial score (nSPS) is 11.5. The third-order valence-corrected chi connectivity index (χ3v) is 8.10. The van der Waals surface area contributed by atoms with E-state index in [9.17, 15) is 0 Å². The molecule has 0 atom stereocenters. The summed E-state index contributed by atoms with van der Waals surface area (Å²) in [6.07, 6.45) is 0. The van der Waals surface area contributed by atoms with Gasteiger partial charge < -0.3 is 9.32 Å². The summed E-state index contributed by atoms with van der Waals surface area (Å²) < 4.78 is 6.34. The molecule has 1 heterocycles. The molecule has 0 fully saturated rings. The zero-order valence-electron chi connectivity index (χ0n) is 22.7. The smallest absolute Gasteiger partial charge is 0.137 e. The fourth-order valence-corrected chi connectivity index (χ4v) is 6.14. The molecule has 0 spiro atoms. The van der Waals surface area contributed by atoms with E-state index in [0.717, 1.165) is 39.0 Å². The molecule has 2 nitrogen and oxygen atoms in total. The molecule has 0 aliphatic heterocycles. The van der Waals surface area contributed by atoms with Gasteiger partial charge in [-0.25, -0.2) is 0 Å². The molecule has 0 N–H and O–H groups in total. The van der Waals surface area contributed by atoms with Crippen molar-refractivity contribution in [3.05, 3.63) is 151 Å². The lowest BCUT2D eigenvalue weighted by atomic mass is 9.93. The predicted molar refractivity (Wildman–Crippen MR) is 174 cm³/mol. The first kappa shape index (κ1) is 23.5. The Hall–Kier alpha value is -5.34. The lowest BCUT2D eigenvalue weighted by molar-refractivity contribution is 0.669. The van der Waals surface area contributed by atoms with Gasteiger partial charge in [0.25, 0.3) is 0 Å². The second-order valence-electron chi connectivity index (χ2n) is 10.7. The molecule has 7 aromatic carbocycles. The number of furan rings is 1. The summed E-state index contributed by atoms with van der Waals surface area (Å²) in [4.78, 5) is 2.40. The minimum atomic E-state index is 0.883. The maximum atomic E-state index is 6.34. The topological polar surface area (TPSA) is 16.4 Å². The first-order chi connectivity index (χ1) is 20.2. The maximum Gasteiger partial charge on any atom is 0.137 e. The van der Waals surface area contributed by atoms with Gasteiger partial charge in [0.05, 0.1) is 16.8 Å². The lowest BCUT2D eigenvalue weighted by Crippen LogP contribution is -2.12. The summed E-state index contributed by atoms with van der Waals surface area (Å²) in [5.74, 6) is 0. The maximum absolute atomic E-state index is 6.34. The minimum Gasteiger partial charge on any atom is -0.456 e. The van der Waals surface area contributed by atoms with Crippen molar-refractivity contribution in [2.75, 3.05) is 4.90 Å². The molecule has 0 unspecified atom stereocenters. The van der Waals surface area contributed by atoms with E-state index >= 15 is 0 Å². The largest absolute Gasteiger partial charge is 0.456 e. The van der Waals surface area contributed by atoms with Gasteiger partial charge in [-0.1, -0.05) is 109 Å². The molecule has 2 heteroatoms. The van der Waals surface area contributed by atoms with Gasteiger partial charge >= 0.3 is 0 Å². The van der Waals surface area contributed by atoms with Crippen LogP contribution >= 0.6 is 0 Å². The van der Waals surface area contributed by atoms with Crippen LogP contribution in [-0.4, -0.2) is 0 Å². The Morgan fingerprint density at radius 1 is 0.488 bits per heavy atom. The van der Waals surface area contributed by atoms with Crippen LogP contribution in [0.15, 0.2) is 150 Å². The summed E-state index contributed by atoms with van der Waals surface area (Å²) in [5.41, 5.74) is 8.73. The van der Waals surface area contributed by atoms with Crippen molar-refractivity contribution in [2.24, 2.45) is 0 Å². The highest BCUT2D eigenvalue weighted by Crippen LogP contribution is 2.48. The SMILES string of the molecule is Cc1ccc(N(c2ccc3ccccc3c2-c2ccc3ccccc3c2)c2cccc3oc4ccccc4c23)cc1. The van der Waals surface area contributed by atoms with Crippen LogP contribution in [0, 0.1) is 6.92 Å². The number of hydrogen-bond acceptors (Lipinski definition) is 2. The fourth-order valence-electron chi connectivity index (χ4n) is 6.14. The van der Waals surface area contributed by atoms with Crippen molar-refractivity contribution < 1.29 is 4.42 Å². The molecule has 0 amide bonds. The minimum absolute atomic E-state index is 0.883. The number of hydrogen-bond donors (Lipinski definition) is 0. The average Bonchev–Trinajstić information content (AvgIpc) is 3.41. The van der Waals surface area contributed by atoms with Crippen molar-refractivity contribution in [2.45, 2.75) is 6.92 Å². The highest BCUT2D eigenvalue weighted by atomic mass is 16.3. The van der Waals surface area contributed by atoms with Gasteiger partial charge in [0, 0.05) is 16.6 Å². The van der Waals surface area contributed by atoms with Gasteiger partial charge in [-0.05, 0) is 76.5 Å². The molecule has 0 radical (unpaired) electrons. The number of anilines is 3. The number of para-hydroxylation sites is 1. The molecule has 0 saturated heterocycles. The Morgan fingerprint density at radius 2 is 1.17 bits per heavy atom. The van der Waals surface area contributed by atoms with Crippen molar-refractivity contribution in [1.29, 1.82) is 0 Å². The van der Waals surface area contributed by atoms with Gasteiger partial charge in [-0.3, -0.25) is 0 Å². The second kappa shape index (κ2) is 9.39. The van der Waals surface area contributed by atoms with Crippen molar-refractivity contribution in [3.63, 3.8) is 0 Å². The Labute approximate surface area is 238 Å². The van der Waals surface area contributed by atoms with E-state index in [0.29, 0.717) is 0 Å². The summed E-state index contributed by atoms with van der Waals surface area (Å²) in [6, 6.07) is 52.1. The predicted octanol–water partition coefficient (Wildman–Crippen LogP) is 11.3. The molecule has 8 rings (SSSR count). The molecule has 194 valence electrons. The summed E-state index contributed by atoms with van der Waals surface area (Å²) in [5, 5.41) is 7.14. The summed E-state index contributed by atoms with van der Waals surface area (Å²) >= 11 is 0. The molecule has 0 aliphatic carbocycles. The zero-order valence-corrected chi connectivity index (χ0v) is 22.7. The quantitative estimate of drug-likeness (QED) is 0.227. The third-order valence-electron chi connectivity index (χ3n) is 8.10. The molecule has 8 aromatic rings. The monoisotopic (exact) mass is 525 g/mol. The molecular weight excluding hydrogens is 498 g/mol. The number of fused-ring (bicyclic) bond motifs is 5. The lowest BCUT2D eigenvalue weighted by Gasteiger charge is -2.29. The molecule has 0 bridgehead atoms. The zero-order chi connectivity index (χ0) is 27.3. The summed E-state index contributed by atoms with van der Waals surface area (Å²) in [7, 11) is 0. The summed E-state index contributed by atoms with van der Waals surface area (Å²) in [6.45, 7) is 2.13. The van der Waals surface area contributed by atoms with E-state index in [1.54, 1.807) is 0 Å². The van der Waals surface area contributed by atoms with Crippen LogP contribution in [0.25, 0.3) is 54.6 Å². The number of rotatable bonds is 4. The molecular formula is C39H27NO. The number of aryl methyl sites for hydroxylation is 1. The van der Waals surface area contributed by atoms with Gasteiger partial charge in [-0.2, -0.15) is 0 Å². The Balaban J connectivity index is 1.49. The highest BCUT2D eigenvalue weighted by Gasteiger charge is 2.23. The van der Waals surface area contributed by atoms with E-state index < -0.39 is 0 Å². The van der Waals surface area contributed by atoms with Crippen LogP contribution in [0.5, 0.6) is 0 Å². The van der Waals surface area contributed by atoms with Crippen LogP contribution in [0.2, 0.25) is 0 Å². The van der Waals surface area contributed by atoms with Gasteiger partial charge in [-0.15, -0.1) is 0 Å². The van der Waals surface area contributed by atoms with E-state index in [1.807, 2.05) is 12.1 Å². The van der Waals surface area contributed by atoms with E-state index in [-0.39, 0.29) is 0 Å². The van der Waals surface area contributed by atoms with E-state index in [1.165, 1.54) is 38.2 Å². The third kappa shape index (κ3) is 3.88. The Kier molecular flexibility index (Phi) is 5.39. The Bertz CT molecular complexity index is 2220. The van der Waals surface area contributed by atoms with Crippen LogP contribution in [0.3, 0.4) is 0 Å². The van der Waals surface area contributed by atoms with Gasteiger partial charge in [0.15, 0.2) is 0 Å². The van der Waals surface area contributed by atoms with E-state index in [2.05, 4.69) is 145 Å². The van der Waals surface area contributed by atoms with Crippen LogP contribution in [0.4, 0.5) is 17.1 Å². The number of benzene rings is 7. The van der Waals surface area contributed by atoms with Crippen LogP contribution in [-0.2, 0) is 0 Å². The van der Waals surface area contributed by atoms with Crippen molar-refractivity contribution in [1.82, 2.24) is 0 Å². The first-order valence-corrected chi connectivity index (χ1v) is 14.0. The Morgan fingerprint density at radius 3 is 2.02 bits per heavy atom. The average molecular weight is 526 g/mol. The fraction of sp³-hybridized carbons (Fsp3) is 0.0256. The highest BCUT2D eigenvalue weighted by molar-refractivity contribution is 6.15. The van der Waals surface area contributed by atoms with Crippen molar-refractivity contribution in [3.8, 4) is 11.1 Å². The first-order valence-electron chi connectivity index (χ1n) is 14.0. The van der Waals surface area contributed by atoms with Crippen LogP contribution in [0.1, 0.15) is 5.56 Å². The second-order valence-corrected chi connectivity index (χ2v) is 10.7. The molecule has 1 aromatic heterocycles. The standard InChI is InChI=1S/C39H27NO/c1-26-17-22-31(23-18-26)40(34-14-8-16-37-39(34)33-13-6-7-15-36(33)41-37)35-24-21-28-10-4-5-12-32(28)38(35)30-20-19-27-9-2-3-11-29(27)25-30/h2-25H,1H3. The molecule has 0 saturated carbocycles. The van der Waals surface area contributed by atoms with Crippen LogP contribution < -0.4 is 4.90 Å². The number of nitrogens with zero attached hydrogens (tertiary/aromatic N) is 1.